The molecular weight excluding hydrogens is 576 g/mol. The van der Waals surface area contributed by atoms with Crippen LogP contribution in [0.2, 0.25) is 5.02 Å². The minimum absolute atomic E-state index is 0. The minimum atomic E-state index is -0.460. The fraction of sp³-hybridized carbons (Fsp3) is 0.185. The van der Waals surface area contributed by atoms with E-state index in [-0.39, 0.29) is 34.6 Å². The van der Waals surface area contributed by atoms with Gasteiger partial charge in [-0.2, -0.15) is 0 Å². The summed E-state index contributed by atoms with van der Waals surface area (Å²) in [6, 6.07) is 16.9. The highest BCUT2D eigenvalue weighted by Crippen LogP contribution is 2.28. The summed E-state index contributed by atoms with van der Waals surface area (Å²) < 4.78 is 11.5. The van der Waals surface area contributed by atoms with E-state index in [1.54, 1.807) is 42.7 Å². The molecule has 0 aliphatic rings. The third-order valence-corrected chi connectivity index (χ3v) is 6.64. The number of likely N-dealkylation sites (N-methyl/N-ethyl adjacent to an activating group) is 1. The molecule has 0 fully saturated rings. The van der Waals surface area contributed by atoms with Gasteiger partial charge in [0.15, 0.2) is 5.58 Å². The summed E-state index contributed by atoms with van der Waals surface area (Å²) in [5.41, 5.74) is 3.69. The highest BCUT2D eigenvalue weighted by Gasteiger charge is 2.18. The van der Waals surface area contributed by atoms with Crippen molar-refractivity contribution in [3.05, 3.63) is 99.1 Å². The number of carbonyl (C=O) groups excluding carboxylic acids is 1. The molecule has 0 saturated carbocycles. The lowest BCUT2D eigenvalue weighted by Crippen LogP contribution is -2.30. The number of benzene rings is 3. The molecule has 1 atom stereocenters. The Morgan fingerprint density at radius 3 is 2.71 bits per heavy atom. The molecule has 1 unspecified atom stereocenters. The number of rotatable bonds is 8. The van der Waals surface area contributed by atoms with E-state index in [0.29, 0.717) is 46.2 Å². The number of anilines is 1. The van der Waals surface area contributed by atoms with Gasteiger partial charge in [-0.05, 0) is 62.4 Å². The molecule has 11 heteroatoms. The fourth-order valence-electron chi connectivity index (χ4n) is 4.15. The van der Waals surface area contributed by atoms with Crippen LogP contribution in [-0.2, 0) is 13.0 Å². The average Bonchev–Trinajstić information content (AvgIpc) is 3.46. The van der Waals surface area contributed by atoms with Gasteiger partial charge in [0, 0.05) is 23.2 Å². The third kappa shape index (κ3) is 5.72. The molecule has 2 aromatic heterocycles. The Morgan fingerprint density at radius 1 is 1.16 bits per heavy atom. The molecule has 3 aromatic carbocycles. The van der Waals surface area contributed by atoms with Crippen LogP contribution in [0.3, 0.4) is 0 Å². The molecule has 5 aromatic rings. The first kappa shape index (κ1) is 27.3. The highest BCUT2D eigenvalue weighted by atomic mass is 79.9. The van der Waals surface area contributed by atoms with Crippen molar-refractivity contribution in [1.82, 2.24) is 9.88 Å². The van der Waals surface area contributed by atoms with Crippen LogP contribution < -0.4 is 5.32 Å². The van der Waals surface area contributed by atoms with Gasteiger partial charge in [-0.1, -0.05) is 23.7 Å². The van der Waals surface area contributed by atoms with Gasteiger partial charge in [0.2, 0.25) is 5.89 Å². The van der Waals surface area contributed by atoms with Gasteiger partial charge in [0.25, 0.3) is 11.6 Å². The van der Waals surface area contributed by atoms with Crippen molar-refractivity contribution < 1.29 is 18.6 Å². The van der Waals surface area contributed by atoms with Crippen LogP contribution in [-0.4, -0.2) is 33.8 Å². The number of amides is 1. The van der Waals surface area contributed by atoms with E-state index in [0.717, 1.165) is 16.5 Å². The number of oxazole rings is 1. The van der Waals surface area contributed by atoms with Crippen molar-refractivity contribution in [2.45, 2.75) is 25.9 Å². The lowest BCUT2D eigenvalue weighted by atomic mass is 10.0. The minimum Gasteiger partial charge on any atom is -0.464 e. The first-order valence-electron chi connectivity index (χ1n) is 11.6. The van der Waals surface area contributed by atoms with Crippen molar-refractivity contribution in [1.29, 1.82) is 0 Å². The standard InChI is InChI=1S/C27H23ClN4O5.BrH/c1-16(31(2)14-26-30-23-9-8-19(32(34)35)13-25(23)37-26)11-17-15-36-24-10-7-18(12-21(17)24)29-27(33)20-5-3-4-6-22(20)28;/h3-10,12-13,15-16H,11,14H2,1-2H3,(H,29,33);1H. The Kier molecular flexibility index (Phi) is 8.15. The number of nitro benzene ring substituents is 1. The number of nitrogens with zero attached hydrogens (tertiary/aromatic N) is 3. The molecule has 0 bridgehead atoms. The molecule has 0 spiro atoms. The van der Waals surface area contributed by atoms with E-state index in [9.17, 15) is 14.9 Å². The number of non-ortho nitro benzene ring substituents is 1. The summed E-state index contributed by atoms with van der Waals surface area (Å²) in [5.74, 6) is 0.193. The summed E-state index contributed by atoms with van der Waals surface area (Å²) in [6.45, 7) is 2.51. The van der Waals surface area contributed by atoms with E-state index in [1.807, 2.05) is 19.2 Å². The monoisotopic (exact) mass is 598 g/mol. The van der Waals surface area contributed by atoms with Crippen molar-refractivity contribution in [3.8, 4) is 0 Å². The first-order valence-corrected chi connectivity index (χ1v) is 12.0. The molecular formula is C27H24BrClN4O5. The maximum Gasteiger partial charge on any atom is 0.273 e. The number of hydrogen-bond acceptors (Lipinski definition) is 7. The molecule has 196 valence electrons. The maximum absolute atomic E-state index is 12.7. The zero-order valence-electron chi connectivity index (χ0n) is 20.5. The fourth-order valence-corrected chi connectivity index (χ4v) is 4.37. The number of nitrogens with one attached hydrogen (secondary N) is 1. The second-order valence-electron chi connectivity index (χ2n) is 8.89. The van der Waals surface area contributed by atoms with Crippen LogP contribution in [0.4, 0.5) is 11.4 Å². The molecule has 5 rings (SSSR count). The van der Waals surface area contributed by atoms with Crippen molar-refractivity contribution in [2.24, 2.45) is 0 Å². The topological polar surface area (TPSA) is 115 Å². The van der Waals surface area contributed by atoms with Gasteiger partial charge in [-0.25, -0.2) is 4.98 Å². The van der Waals surface area contributed by atoms with Crippen LogP contribution in [0, 0.1) is 10.1 Å². The van der Waals surface area contributed by atoms with Gasteiger partial charge in [0.05, 0.1) is 34.4 Å². The molecule has 1 amide bonds. The Balaban J connectivity index is 0.00000336. The van der Waals surface area contributed by atoms with E-state index in [4.69, 9.17) is 20.4 Å². The first-order chi connectivity index (χ1) is 17.8. The largest absolute Gasteiger partial charge is 0.464 e. The molecule has 0 saturated heterocycles. The smallest absolute Gasteiger partial charge is 0.273 e. The SMILES string of the molecule is Br.CC(Cc1coc2ccc(NC(=O)c3ccccc3Cl)cc12)N(C)Cc1nc2ccc([N+](=O)[O-])cc2o1. The predicted molar refractivity (Wildman–Crippen MR) is 151 cm³/mol. The molecule has 0 radical (unpaired) electrons. The second kappa shape index (κ2) is 11.3. The average molecular weight is 600 g/mol. The normalized spacial score (nSPS) is 12.0. The second-order valence-corrected chi connectivity index (χ2v) is 9.30. The Labute approximate surface area is 233 Å². The summed E-state index contributed by atoms with van der Waals surface area (Å²) >= 11 is 6.16. The lowest BCUT2D eigenvalue weighted by Gasteiger charge is -2.22. The summed E-state index contributed by atoms with van der Waals surface area (Å²) in [4.78, 5) is 29.8. The maximum atomic E-state index is 12.7. The highest BCUT2D eigenvalue weighted by molar-refractivity contribution is 8.93. The van der Waals surface area contributed by atoms with Crippen LogP contribution in [0.15, 0.2) is 75.8 Å². The predicted octanol–water partition coefficient (Wildman–Crippen LogP) is 7.03. The quantitative estimate of drug-likeness (QED) is 0.150. The number of furan rings is 1. The molecule has 0 aliphatic carbocycles. The van der Waals surface area contributed by atoms with E-state index in [2.05, 4.69) is 22.1 Å². The zero-order valence-corrected chi connectivity index (χ0v) is 23.0. The van der Waals surface area contributed by atoms with E-state index in [1.165, 1.54) is 12.1 Å². The van der Waals surface area contributed by atoms with Crippen LogP contribution in [0.5, 0.6) is 0 Å². The summed E-state index contributed by atoms with van der Waals surface area (Å²) in [7, 11) is 1.96. The molecule has 38 heavy (non-hydrogen) atoms. The summed E-state index contributed by atoms with van der Waals surface area (Å²) in [5, 5.41) is 15.2. The van der Waals surface area contributed by atoms with Gasteiger partial charge < -0.3 is 14.2 Å². The molecule has 2 heterocycles. The van der Waals surface area contributed by atoms with Crippen LogP contribution in [0.1, 0.15) is 28.7 Å². The number of hydrogen-bond donors (Lipinski definition) is 1. The number of fused-ring (bicyclic) bond motifs is 2. The van der Waals surface area contributed by atoms with Gasteiger partial charge >= 0.3 is 0 Å². The Hall–Kier alpha value is -3.73. The lowest BCUT2D eigenvalue weighted by molar-refractivity contribution is -0.384. The van der Waals surface area contributed by atoms with Gasteiger partial charge in [-0.15, -0.1) is 17.0 Å². The number of aromatic nitrogens is 1. The number of nitro groups is 1. The van der Waals surface area contributed by atoms with E-state index >= 15 is 0 Å². The molecule has 0 aliphatic heterocycles. The number of halogens is 2. The van der Waals surface area contributed by atoms with Crippen LogP contribution in [0.25, 0.3) is 22.1 Å². The summed E-state index contributed by atoms with van der Waals surface area (Å²) in [6.07, 6.45) is 2.41. The van der Waals surface area contributed by atoms with Gasteiger partial charge in [-0.3, -0.25) is 19.8 Å². The third-order valence-electron chi connectivity index (χ3n) is 6.31. The Bertz CT molecular complexity index is 1630. The van der Waals surface area contributed by atoms with Crippen molar-refractivity contribution >= 4 is 67.9 Å². The van der Waals surface area contributed by atoms with Crippen molar-refractivity contribution in [2.75, 3.05) is 12.4 Å². The number of carbonyl (C=O) groups is 1. The van der Waals surface area contributed by atoms with Crippen molar-refractivity contribution in [3.63, 3.8) is 0 Å². The zero-order chi connectivity index (χ0) is 26.1. The van der Waals surface area contributed by atoms with Gasteiger partial charge in [0.1, 0.15) is 11.1 Å². The molecule has 9 nitrogen and oxygen atoms in total. The Morgan fingerprint density at radius 2 is 1.95 bits per heavy atom. The van der Waals surface area contributed by atoms with Crippen LogP contribution >= 0.6 is 28.6 Å². The van der Waals surface area contributed by atoms with E-state index < -0.39 is 4.92 Å². The molecule has 1 N–H and O–H groups in total.